The summed E-state index contributed by atoms with van der Waals surface area (Å²) in [6, 6.07) is 7.41. The van der Waals surface area contributed by atoms with Gasteiger partial charge in [0.15, 0.2) is 11.5 Å². The summed E-state index contributed by atoms with van der Waals surface area (Å²) < 4.78 is 5.55. The summed E-state index contributed by atoms with van der Waals surface area (Å²) in [5.41, 5.74) is 0.365. The molecule has 0 saturated heterocycles. The van der Waals surface area contributed by atoms with E-state index in [-0.39, 0.29) is 12.3 Å². The number of hydrogen-bond donors (Lipinski definition) is 2. The van der Waals surface area contributed by atoms with Crippen molar-refractivity contribution >= 4 is 23.0 Å². The zero-order valence-electron chi connectivity index (χ0n) is 12.2. The number of fused-ring (bicyclic) bond motifs is 1. The average Bonchev–Trinajstić information content (AvgIpc) is 3.11. The second-order valence-electron chi connectivity index (χ2n) is 5.72. The Balaban J connectivity index is 1.61. The van der Waals surface area contributed by atoms with Crippen molar-refractivity contribution in [2.75, 3.05) is 0 Å². The predicted octanol–water partition coefficient (Wildman–Crippen LogP) is 2.27. The number of carboxylic acid groups (broad SMARTS) is 1. The summed E-state index contributed by atoms with van der Waals surface area (Å²) in [5, 5.41) is 12.0. The SMILES string of the molecule is O=C(CCc1nc2ccccc2o1)NC1(C(=O)O)CCCC1. The van der Waals surface area contributed by atoms with Crippen molar-refractivity contribution < 1.29 is 19.1 Å². The Kier molecular flexibility index (Phi) is 3.83. The van der Waals surface area contributed by atoms with Crippen LogP contribution in [0.5, 0.6) is 0 Å². The highest BCUT2D eigenvalue weighted by Gasteiger charge is 2.42. The van der Waals surface area contributed by atoms with E-state index >= 15 is 0 Å². The molecule has 0 spiro atoms. The third-order valence-corrected chi connectivity index (χ3v) is 4.15. The zero-order valence-corrected chi connectivity index (χ0v) is 12.2. The molecule has 1 fully saturated rings. The second kappa shape index (κ2) is 5.79. The van der Waals surface area contributed by atoms with Crippen molar-refractivity contribution in [2.24, 2.45) is 0 Å². The number of nitrogens with zero attached hydrogens (tertiary/aromatic N) is 1. The lowest BCUT2D eigenvalue weighted by Gasteiger charge is -2.25. The molecule has 1 aliphatic carbocycles. The Morgan fingerprint density at radius 1 is 1.27 bits per heavy atom. The number of carbonyl (C=O) groups excluding carboxylic acids is 1. The van der Waals surface area contributed by atoms with E-state index in [0.29, 0.717) is 30.7 Å². The summed E-state index contributed by atoms with van der Waals surface area (Å²) in [7, 11) is 0. The Morgan fingerprint density at radius 3 is 2.68 bits per heavy atom. The maximum Gasteiger partial charge on any atom is 0.329 e. The number of amides is 1. The van der Waals surface area contributed by atoms with Crippen LogP contribution in [-0.2, 0) is 16.0 Å². The van der Waals surface area contributed by atoms with Gasteiger partial charge in [0, 0.05) is 12.8 Å². The third-order valence-electron chi connectivity index (χ3n) is 4.15. The number of rotatable bonds is 5. The van der Waals surface area contributed by atoms with Gasteiger partial charge in [-0.2, -0.15) is 0 Å². The van der Waals surface area contributed by atoms with E-state index in [4.69, 9.17) is 4.42 Å². The number of para-hydroxylation sites is 2. The van der Waals surface area contributed by atoms with E-state index in [0.717, 1.165) is 18.4 Å². The minimum atomic E-state index is -1.08. The standard InChI is InChI=1S/C16H18N2O4/c19-13(18-16(15(20)21)9-3-4-10-16)7-8-14-17-11-5-1-2-6-12(11)22-14/h1-2,5-6H,3-4,7-10H2,(H,18,19)(H,20,21). The van der Waals surface area contributed by atoms with Crippen LogP contribution in [0.4, 0.5) is 0 Å². The van der Waals surface area contributed by atoms with Crippen molar-refractivity contribution in [3.05, 3.63) is 30.2 Å². The number of benzene rings is 1. The second-order valence-corrected chi connectivity index (χ2v) is 5.72. The predicted molar refractivity (Wildman–Crippen MR) is 79.3 cm³/mol. The number of hydrogen-bond acceptors (Lipinski definition) is 4. The van der Waals surface area contributed by atoms with E-state index in [2.05, 4.69) is 10.3 Å². The fourth-order valence-electron chi connectivity index (χ4n) is 2.95. The molecule has 6 heteroatoms. The van der Waals surface area contributed by atoms with Gasteiger partial charge in [-0.25, -0.2) is 9.78 Å². The number of aryl methyl sites for hydroxylation is 1. The molecule has 1 aromatic heterocycles. The summed E-state index contributed by atoms with van der Waals surface area (Å²) in [6.07, 6.45) is 3.18. The van der Waals surface area contributed by atoms with Gasteiger partial charge >= 0.3 is 5.97 Å². The van der Waals surface area contributed by atoms with Crippen molar-refractivity contribution in [1.82, 2.24) is 10.3 Å². The van der Waals surface area contributed by atoms with Gasteiger partial charge in [-0.15, -0.1) is 0 Å². The molecule has 2 aromatic rings. The van der Waals surface area contributed by atoms with E-state index in [9.17, 15) is 14.7 Å². The van der Waals surface area contributed by atoms with Gasteiger partial charge in [0.2, 0.25) is 5.91 Å². The van der Waals surface area contributed by atoms with Gasteiger partial charge in [-0.1, -0.05) is 25.0 Å². The van der Waals surface area contributed by atoms with Gasteiger partial charge in [0.1, 0.15) is 11.1 Å². The third kappa shape index (κ3) is 2.81. The number of aromatic nitrogens is 1. The summed E-state index contributed by atoms with van der Waals surface area (Å²) in [4.78, 5) is 27.8. The average molecular weight is 302 g/mol. The molecule has 0 aliphatic heterocycles. The van der Waals surface area contributed by atoms with E-state index in [1.165, 1.54) is 0 Å². The highest BCUT2D eigenvalue weighted by molar-refractivity contribution is 5.87. The maximum absolute atomic E-state index is 12.1. The molecule has 1 aromatic carbocycles. The Hall–Kier alpha value is -2.37. The summed E-state index contributed by atoms with van der Waals surface area (Å²) in [6.45, 7) is 0. The van der Waals surface area contributed by atoms with E-state index in [1.807, 2.05) is 24.3 Å². The molecule has 1 aliphatic rings. The Labute approximate surface area is 127 Å². The van der Waals surface area contributed by atoms with Gasteiger partial charge < -0.3 is 14.8 Å². The molecule has 1 heterocycles. The first kappa shape index (κ1) is 14.6. The van der Waals surface area contributed by atoms with Crippen LogP contribution in [0.2, 0.25) is 0 Å². The van der Waals surface area contributed by atoms with Crippen LogP contribution in [0, 0.1) is 0 Å². The van der Waals surface area contributed by atoms with Crippen LogP contribution in [0.3, 0.4) is 0 Å². The first-order chi connectivity index (χ1) is 10.6. The first-order valence-corrected chi connectivity index (χ1v) is 7.48. The van der Waals surface area contributed by atoms with Crippen LogP contribution in [0.15, 0.2) is 28.7 Å². The van der Waals surface area contributed by atoms with Crippen molar-refractivity contribution in [3.63, 3.8) is 0 Å². The van der Waals surface area contributed by atoms with E-state index < -0.39 is 11.5 Å². The fourth-order valence-corrected chi connectivity index (χ4v) is 2.95. The van der Waals surface area contributed by atoms with Crippen molar-refractivity contribution in [3.8, 4) is 0 Å². The Morgan fingerprint density at radius 2 is 2.00 bits per heavy atom. The lowest BCUT2D eigenvalue weighted by molar-refractivity contribution is -0.147. The van der Waals surface area contributed by atoms with Crippen LogP contribution in [-0.4, -0.2) is 27.5 Å². The lowest BCUT2D eigenvalue weighted by Crippen LogP contribution is -2.52. The van der Waals surface area contributed by atoms with Crippen LogP contribution >= 0.6 is 0 Å². The topological polar surface area (TPSA) is 92.4 Å². The molecular formula is C16H18N2O4. The van der Waals surface area contributed by atoms with Crippen LogP contribution in [0.25, 0.3) is 11.1 Å². The van der Waals surface area contributed by atoms with E-state index in [1.54, 1.807) is 0 Å². The maximum atomic E-state index is 12.1. The number of aliphatic carboxylic acids is 1. The summed E-state index contributed by atoms with van der Waals surface area (Å²) >= 11 is 0. The van der Waals surface area contributed by atoms with Gasteiger partial charge in [-0.3, -0.25) is 4.79 Å². The quantitative estimate of drug-likeness (QED) is 0.884. The number of nitrogens with one attached hydrogen (secondary N) is 1. The molecule has 0 bridgehead atoms. The molecule has 6 nitrogen and oxygen atoms in total. The molecular weight excluding hydrogens is 284 g/mol. The molecule has 0 radical (unpaired) electrons. The smallest absolute Gasteiger partial charge is 0.329 e. The highest BCUT2D eigenvalue weighted by Crippen LogP contribution is 2.30. The van der Waals surface area contributed by atoms with Gasteiger partial charge in [0.25, 0.3) is 0 Å². The normalized spacial score (nSPS) is 16.7. The molecule has 1 saturated carbocycles. The molecule has 0 atom stereocenters. The molecule has 2 N–H and O–H groups in total. The summed E-state index contributed by atoms with van der Waals surface area (Å²) in [5.74, 6) is -0.723. The monoisotopic (exact) mass is 302 g/mol. The Bertz CT molecular complexity index is 668. The minimum Gasteiger partial charge on any atom is -0.480 e. The molecule has 3 rings (SSSR count). The van der Waals surface area contributed by atoms with Crippen LogP contribution < -0.4 is 5.32 Å². The van der Waals surface area contributed by atoms with Gasteiger partial charge in [-0.05, 0) is 25.0 Å². The first-order valence-electron chi connectivity index (χ1n) is 7.48. The van der Waals surface area contributed by atoms with Crippen molar-refractivity contribution in [2.45, 2.75) is 44.1 Å². The molecule has 0 unspecified atom stereocenters. The van der Waals surface area contributed by atoms with Crippen molar-refractivity contribution in [1.29, 1.82) is 0 Å². The lowest BCUT2D eigenvalue weighted by atomic mass is 9.97. The minimum absolute atomic E-state index is 0.169. The van der Waals surface area contributed by atoms with Gasteiger partial charge in [0.05, 0.1) is 0 Å². The fraction of sp³-hybridized carbons (Fsp3) is 0.438. The number of carbonyl (C=O) groups is 2. The van der Waals surface area contributed by atoms with Crippen LogP contribution in [0.1, 0.15) is 38.0 Å². The molecule has 116 valence electrons. The molecule has 22 heavy (non-hydrogen) atoms. The highest BCUT2D eigenvalue weighted by atomic mass is 16.4. The zero-order chi connectivity index (χ0) is 15.6. The number of oxazole rings is 1. The largest absolute Gasteiger partial charge is 0.480 e. The number of carboxylic acids is 1. The molecule has 1 amide bonds.